The van der Waals surface area contributed by atoms with E-state index in [2.05, 4.69) is 34.8 Å². The Balaban J connectivity index is 0.000000218. The third-order valence-electron chi connectivity index (χ3n) is 4.67. The van der Waals surface area contributed by atoms with Gasteiger partial charge in [-0.3, -0.25) is 9.42 Å². The van der Waals surface area contributed by atoms with Gasteiger partial charge in [0.25, 0.3) is 0 Å². The Hall–Kier alpha value is -2.60. The number of morpholine rings is 1. The van der Waals surface area contributed by atoms with Crippen molar-refractivity contribution in [2.24, 2.45) is 0 Å². The summed E-state index contributed by atoms with van der Waals surface area (Å²) in [6.07, 6.45) is 0. The summed E-state index contributed by atoms with van der Waals surface area (Å²) < 4.78 is 28.4. The number of ether oxygens (including phenoxy) is 1. The molecule has 1 aliphatic rings. The lowest BCUT2D eigenvalue weighted by Crippen LogP contribution is -2.40. The van der Waals surface area contributed by atoms with E-state index in [9.17, 15) is 9.18 Å². The minimum absolute atomic E-state index is 0.0556. The molecule has 0 unspecified atom stereocenters. The fourth-order valence-electron chi connectivity index (χ4n) is 2.91. The van der Waals surface area contributed by atoms with Crippen LogP contribution in [-0.2, 0) is 11.3 Å². The first-order chi connectivity index (χ1) is 16.0. The highest BCUT2D eigenvalue weighted by molar-refractivity contribution is 6.30. The van der Waals surface area contributed by atoms with Gasteiger partial charge in [-0.1, -0.05) is 40.9 Å². The molecule has 1 aliphatic heterocycles. The van der Waals surface area contributed by atoms with Crippen molar-refractivity contribution in [1.29, 1.82) is 0 Å². The molecule has 0 radical (unpaired) electrons. The first-order valence-corrected chi connectivity index (χ1v) is 11.1. The fourth-order valence-corrected chi connectivity index (χ4v) is 3.09. The van der Waals surface area contributed by atoms with Crippen molar-refractivity contribution in [3.05, 3.63) is 56.8 Å². The van der Waals surface area contributed by atoms with Crippen molar-refractivity contribution in [2.45, 2.75) is 34.2 Å². The molecule has 2 aromatic heterocycles. The fraction of sp³-hybridized carbons (Fsp3) is 0.524. The van der Waals surface area contributed by atoms with Gasteiger partial charge in [-0.2, -0.15) is 0 Å². The third kappa shape index (κ3) is 8.04. The van der Waals surface area contributed by atoms with Crippen molar-refractivity contribution >= 4 is 11.6 Å². The van der Waals surface area contributed by atoms with E-state index in [0.29, 0.717) is 11.5 Å². The first-order valence-electron chi connectivity index (χ1n) is 10.8. The van der Waals surface area contributed by atoms with Crippen LogP contribution in [0.1, 0.15) is 31.1 Å². The Bertz CT molecular complexity index is 1030. The van der Waals surface area contributed by atoms with E-state index in [1.165, 1.54) is 22.8 Å². The van der Waals surface area contributed by atoms with Crippen LogP contribution in [0.5, 0.6) is 0 Å². The molecule has 0 aliphatic carbocycles. The minimum atomic E-state index is -0.629. The number of hydrogen-bond donors (Lipinski definition) is 1. The van der Waals surface area contributed by atoms with Crippen molar-refractivity contribution < 1.29 is 18.3 Å². The number of aromatic nitrogens is 4. The maximum atomic E-state index is 12.9. The maximum absolute atomic E-state index is 12.9. The molecule has 1 saturated heterocycles. The van der Waals surface area contributed by atoms with E-state index >= 15 is 0 Å². The SMILES string of the molecule is CC.Cc1noc(=O)n1-c1ccc(F)c(Cl)c1.Cc1nonc1CNCCN1CCOCC1. The summed E-state index contributed by atoms with van der Waals surface area (Å²) in [4.78, 5) is 13.6. The summed E-state index contributed by atoms with van der Waals surface area (Å²) in [5.74, 6) is -0.791. The molecule has 1 aromatic carbocycles. The number of hydrogen-bond acceptors (Lipinski definition) is 9. The van der Waals surface area contributed by atoms with Crippen LogP contribution in [0.3, 0.4) is 0 Å². The standard InChI is InChI=1S/C10H18N4O2.C9H6ClFN2O2.C2H6/c1-9-10(13-16-12-9)8-11-2-3-14-4-6-15-7-5-14;1-5-12-15-9(14)13(5)6-2-3-8(11)7(10)4-6;1-2/h11H,2-8H2,1H3;2-4H,1H3;1-2H3. The number of nitrogens with zero attached hydrogens (tertiary/aromatic N) is 5. The van der Waals surface area contributed by atoms with Crippen molar-refractivity contribution in [1.82, 2.24) is 30.3 Å². The van der Waals surface area contributed by atoms with Gasteiger partial charge < -0.3 is 10.1 Å². The normalized spacial score (nSPS) is 13.6. The number of aryl methyl sites for hydroxylation is 2. The highest BCUT2D eigenvalue weighted by atomic mass is 35.5. The van der Waals surface area contributed by atoms with E-state index in [4.69, 9.17) is 16.3 Å². The highest BCUT2D eigenvalue weighted by Gasteiger charge is 2.11. The minimum Gasteiger partial charge on any atom is -0.379 e. The quantitative estimate of drug-likeness (QED) is 0.528. The van der Waals surface area contributed by atoms with Gasteiger partial charge in [0.15, 0.2) is 5.82 Å². The number of benzene rings is 1. The van der Waals surface area contributed by atoms with Crippen LogP contribution in [0, 0.1) is 19.7 Å². The summed E-state index contributed by atoms with van der Waals surface area (Å²) >= 11 is 5.59. The molecule has 0 amide bonds. The van der Waals surface area contributed by atoms with Gasteiger partial charge in [0.2, 0.25) is 0 Å². The Morgan fingerprint density at radius 2 is 1.88 bits per heavy atom. The van der Waals surface area contributed by atoms with Gasteiger partial charge in [-0.05, 0) is 32.0 Å². The Morgan fingerprint density at radius 3 is 2.45 bits per heavy atom. The predicted molar refractivity (Wildman–Crippen MR) is 121 cm³/mol. The second-order valence-electron chi connectivity index (χ2n) is 6.86. The number of rotatable bonds is 6. The molecule has 0 saturated carbocycles. The Kier molecular flexibility index (Phi) is 11.2. The maximum Gasteiger partial charge on any atom is 0.446 e. The van der Waals surface area contributed by atoms with Crippen LogP contribution in [0.25, 0.3) is 5.69 Å². The molecule has 1 N–H and O–H groups in total. The predicted octanol–water partition coefficient (Wildman–Crippen LogP) is 2.75. The van der Waals surface area contributed by atoms with Crippen LogP contribution < -0.4 is 11.1 Å². The average molecular weight is 485 g/mol. The first kappa shape index (κ1) is 26.7. The zero-order valence-electron chi connectivity index (χ0n) is 19.3. The second kappa shape index (κ2) is 13.8. The van der Waals surface area contributed by atoms with Crippen LogP contribution in [0.4, 0.5) is 4.39 Å². The van der Waals surface area contributed by atoms with Crippen molar-refractivity contribution in [3.8, 4) is 5.69 Å². The molecule has 33 heavy (non-hydrogen) atoms. The van der Waals surface area contributed by atoms with Gasteiger partial charge in [0, 0.05) is 32.7 Å². The molecule has 182 valence electrons. The molecule has 0 bridgehead atoms. The lowest BCUT2D eigenvalue weighted by Gasteiger charge is -2.26. The third-order valence-corrected chi connectivity index (χ3v) is 4.96. The molecule has 3 heterocycles. The summed E-state index contributed by atoms with van der Waals surface area (Å²) in [7, 11) is 0. The molecular formula is C21H30ClFN6O4. The molecule has 0 spiro atoms. The second-order valence-corrected chi connectivity index (χ2v) is 7.26. The number of halogens is 2. The summed E-state index contributed by atoms with van der Waals surface area (Å²) in [5, 5.41) is 14.3. The average Bonchev–Trinajstić information content (AvgIpc) is 3.40. The van der Waals surface area contributed by atoms with Crippen LogP contribution in [0.2, 0.25) is 5.02 Å². The molecular weight excluding hydrogens is 455 g/mol. The van der Waals surface area contributed by atoms with Gasteiger partial charge in [-0.25, -0.2) is 18.4 Å². The Labute approximate surface area is 196 Å². The molecule has 4 rings (SSSR count). The van der Waals surface area contributed by atoms with E-state index in [0.717, 1.165) is 57.3 Å². The van der Waals surface area contributed by atoms with Crippen LogP contribution >= 0.6 is 11.6 Å². The monoisotopic (exact) mass is 484 g/mol. The van der Waals surface area contributed by atoms with Crippen molar-refractivity contribution in [2.75, 3.05) is 39.4 Å². The number of nitrogens with one attached hydrogen (secondary N) is 1. The molecule has 12 heteroatoms. The van der Waals surface area contributed by atoms with Crippen LogP contribution in [0.15, 0.2) is 32.1 Å². The highest BCUT2D eigenvalue weighted by Crippen LogP contribution is 2.18. The zero-order valence-corrected chi connectivity index (χ0v) is 20.1. The van der Waals surface area contributed by atoms with Gasteiger partial charge in [0.05, 0.1) is 23.9 Å². The molecule has 1 fully saturated rings. The van der Waals surface area contributed by atoms with Crippen LogP contribution in [-0.4, -0.2) is 64.3 Å². The lowest BCUT2D eigenvalue weighted by molar-refractivity contribution is 0.0384. The van der Waals surface area contributed by atoms with Crippen molar-refractivity contribution in [3.63, 3.8) is 0 Å². The zero-order chi connectivity index (χ0) is 24.2. The molecule has 10 nitrogen and oxygen atoms in total. The van der Waals surface area contributed by atoms with E-state index in [1.54, 1.807) is 6.92 Å². The smallest absolute Gasteiger partial charge is 0.379 e. The lowest BCUT2D eigenvalue weighted by atomic mass is 10.3. The summed E-state index contributed by atoms with van der Waals surface area (Å²) in [6.45, 7) is 14.0. The Morgan fingerprint density at radius 1 is 1.15 bits per heavy atom. The largest absolute Gasteiger partial charge is 0.446 e. The van der Waals surface area contributed by atoms with Gasteiger partial charge >= 0.3 is 5.76 Å². The molecule has 3 aromatic rings. The topological polar surface area (TPSA) is 111 Å². The van der Waals surface area contributed by atoms with E-state index in [-0.39, 0.29) is 5.02 Å². The summed E-state index contributed by atoms with van der Waals surface area (Å²) in [6, 6.07) is 3.94. The van der Waals surface area contributed by atoms with Gasteiger partial charge in [0.1, 0.15) is 17.2 Å². The van der Waals surface area contributed by atoms with E-state index in [1.807, 2.05) is 20.8 Å². The van der Waals surface area contributed by atoms with Gasteiger partial charge in [-0.15, -0.1) is 0 Å². The summed E-state index contributed by atoms with van der Waals surface area (Å²) in [5.41, 5.74) is 2.17. The molecule has 0 atom stereocenters. The van der Waals surface area contributed by atoms with E-state index < -0.39 is 11.6 Å².